The predicted octanol–water partition coefficient (Wildman–Crippen LogP) is 3.68. The molecule has 0 N–H and O–H groups in total. The molecule has 2 rings (SSSR count). The number of pyridine rings is 2. The third-order valence-corrected chi connectivity index (χ3v) is 2.33. The minimum absolute atomic E-state index is 0.368. The Labute approximate surface area is 100 Å². The van der Waals surface area contributed by atoms with E-state index in [1.807, 2.05) is 0 Å². The van der Waals surface area contributed by atoms with E-state index < -0.39 is 0 Å². The SMILES string of the molecule is Clc1cc(Br)cnc1Oc1cccnc1. The number of rotatable bonds is 2. The van der Waals surface area contributed by atoms with Crippen molar-refractivity contribution in [3.63, 3.8) is 0 Å². The molecular formula is C10H6BrClN2O. The molecule has 2 aromatic rings. The predicted molar refractivity (Wildman–Crippen MR) is 61.3 cm³/mol. The summed E-state index contributed by atoms with van der Waals surface area (Å²) >= 11 is 9.21. The fourth-order valence-electron chi connectivity index (χ4n) is 0.996. The number of hydrogen-bond acceptors (Lipinski definition) is 3. The molecule has 0 radical (unpaired) electrons. The van der Waals surface area contributed by atoms with Crippen molar-refractivity contribution in [3.05, 3.63) is 46.3 Å². The van der Waals surface area contributed by atoms with Crippen LogP contribution < -0.4 is 4.74 Å². The van der Waals surface area contributed by atoms with Gasteiger partial charge in [0.25, 0.3) is 0 Å². The van der Waals surface area contributed by atoms with Crippen molar-refractivity contribution in [2.45, 2.75) is 0 Å². The van der Waals surface area contributed by atoms with Gasteiger partial charge in [0.15, 0.2) is 0 Å². The number of ether oxygens (including phenoxy) is 1. The number of hydrogen-bond donors (Lipinski definition) is 0. The summed E-state index contributed by atoms with van der Waals surface area (Å²) in [5.74, 6) is 0.974. The van der Waals surface area contributed by atoms with Gasteiger partial charge >= 0.3 is 0 Å². The van der Waals surface area contributed by atoms with Gasteiger partial charge in [-0.15, -0.1) is 0 Å². The van der Waals surface area contributed by atoms with E-state index >= 15 is 0 Å². The molecule has 5 heteroatoms. The van der Waals surface area contributed by atoms with Crippen molar-refractivity contribution in [2.75, 3.05) is 0 Å². The number of halogens is 2. The van der Waals surface area contributed by atoms with E-state index in [0.717, 1.165) is 4.47 Å². The first kappa shape index (κ1) is 10.4. The monoisotopic (exact) mass is 284 g/mol. The van der Waals surface area contributed by atoms with Crippen molar-refractivity contribution in [2.24, 2.45) is 0 Å². The topological polar surface area (TPSA) is 35.0 Å². The summed E-state index contributed by atoms with van der Waals surface area (Å²) < 4.78 is 6.25. The van der Waals surface area contributed by atoms with Gasteiger partial charge in [0.05, 0.1) is 6.20 Å². The molecule has 0 aliphatic heterocycles. The molecule has 0 spiro atoms. The fraction of sp³-hybridized carbons (Fsp3) is 0. The van der Waals surface area contributed by atoms with Crippen LogP contribution in [0.4, 0.5) is 0 Å². The second-order valence-corrected chi connectivity index (χ2v) is 4.05. The zero-order valence-electron chi connectivity index (χ0n) is 7.52. The maximum Gasteiger partial charge on any atom is 0.238 e. The normalized spacial score (nSPS) is 10.0. The molecule has 0 atom stereocenters. The Kier molecular flexibility index (Phi) is 3.18. The van der Waals surface area contributed by atoms with E-state index in [4.69, 9.17) is 16.3 Å². The standard InChI is InChI=1S/C10H6BrClN2O/c11-7-4-9(12)10(14-5-7)15-8-2-1-3-13-6-8/h1-6H. The average Bonchev–Trinajstić information content (AvgIpc) is 2.24. The average molecular weight is 286 g/mol. The molecule has 0 aliphatic carbocycles. The van der Waals surface area contributed by atoms with Crippen molar-refractivity contribution >= 4 is 27.5 Å². The largest absolute Gasteiger partial charge is 0.436 e. The highest BCUT2D eigenvalue weighted by atomic mass is 79.9. The van der Waals surface area contributed by atoms with E-state index in [-0.39, 0.29) is 0 Å². The van der Waals surface area contributed by atoms with Crippen LogP contribution >= 0.6 is 27.5 Å². The molecule has 0 saturated carbocycles. The van der Waals surface area contributed by atoms with E-state index in [1.165, 1.54) is 0 Å². The fourth-order valence-corrected chi connectivity index (χ4v) is 1.66. The Morgan fingerprint density at radius 1 is 1.33 bits per heavy atom. The highest BCUT2D eigenvalue weighted by molar-refractivity contribution is 9.10. The van der Waals surface area contributed by atoms with Crippen molar-refractivity contribution < 1.29 is 4.74 Å². The Morgan fingerprint density at radius 2 is 2.20 bits per heavy atom. The van der Waals surface area contributed by atoms with Crippen LogP contribution in [0.3, 0.4) is 0 Å². The van der Waals surface area contributed by atoms with Crippen LogP contribution in [0.25, 0.3) is 0 Å². The van der Waals surface area contributed by atoms with E-state index in [0.29, 0.717) is 16.7 Å². The summed E-state index contributed by atoms with van der Waals surface area (Å²) in [6, 6.07) is 5.29. The molecule has 2 aromatic heterocycles. The Hall–Kier alpha value is -1.13. The first-order chi connectivity index (χ1) is 7.25. The number of aromatic nitrogens is 2. The summed E-state index contributed by atoms with van der Waals surface area (Å²) in [6.07, 6.45) is 4.89. The maximum atomic E-state index is 5.94. The molecule has 76 valence electrons. The maximum absolute atomic E-state index is 5.94. The van der Waals surface area contributed by atoms with Crippen molar-refractivity contribution in [1.29, 1.82) is 0 Å². The van der Waals surface area contributed by atoms with E-state index in [2.05, 4.69) is 25.9 Å². The van der Waals surface area contributed by atoms with Gasteiger partial charge in [-0.3, -0.25) is 4.98 Å². The molecule has 15 heavy (non-hydrogen) atoms. The first-order valence-corrected chi connectivity index (χ1v) is 5.32. The van der Waals surface area contributed by atoms with Crippen LogP contribution in [0, 0.1) is 0 Å². The van der Waals surface area contributed by atoms with Crippen LogP contribution in [0.2, 0.25) is 5.02 Å². The van der Waals surface area contributed by atoms with E-state index in [1.54, 1.807) is 36.8 Å². The van der Waals surface area contributed by atoms with Crippen molar-refractivity contribution in [1.82, 2.24) is 9.97 Å². The lowest BCUT2D eigenvalue weighted by Gasteiger charge is -2.05. The first-order valence-electron chi connectivity index (χ1n) is 4.14. The second kappa shape index (κ2) is 4.59. The quantitative estimate of drug-likeness (QED) is 0.844. The summed E-state index contributed by atoms with van der Waals surface area (Å²) in [5.41, 5.74) is 0. The van der Waals surface area contributed by atoms with Gasteiger partial charge < -0.3 is 4.74 Å². The Bertz CT molecular complexity index is 464. The van der Waals surface area contributed by atoms with Gasteiger partial charge in [-0.1, -0.05) is 11.6 Å². The van der Waals surface area contributed by atoms with Crippen molar-refractivity contribution in [3.8, 4) is 11.6 Å². The van der Waals surface area contributed by atoms with Gasteiger partial charge in [0.1, 0.15) is 10.8 Å². The number of nitrogens with zero attached hydrogens (tertiary/aromatic N) is 2. The van der Waals surface area contributed by atoms with Gasteiger partial charge in [0.2, 0.25) is 5.88 Å². The smallest absolute Gasteiger partial charge is 0.238 e. The summed E-state index contributed by atoms with van der Waals surface area (Å²) in [4.78, 5) is 7.97. The Balaban J connectivity index is 2.25. The van der Waals surface area contributed by atoms with Crippen LogP contribution in [-0.4, -0.2) is 9.97 Å². The van der Waals surface area contributed by atoms with Gasteiger partial charge in [-0.2, -0.15) is 0 Å². The highest BCUT2D eigenvalue weighted by Gasteiger charge is 2.04. The highest BCUT2D eigenvalue weighted by Crippen LogP contribution is 2.28. The molecular weight excluding hydrogens is 279 g/mol. The van der Waals surface area contributed by atoms with Crippen LogP contribution in [-0.2, 0) is 0 Å². The Morgan fingerprint density at radius 3 is 2.87 bits per heavy atom. The minimum atomic E-state index is 0.368. The van der Waals surface area contributed by atoms with Crippen LogP contribution in [0.15, 0.2) is 41.3 Å². The molecule has 0 aromatic carbocycles. The lowest BCUT2D eigenvalue weighted by atomic mass is 10.4. The lowest BCUT2D eigenvalue weighted by molar-refractivity contribution is 0.461. The third kappa shape index (κ3) is 2.67. The molecule has 3 nitrogen and oxygen atoms in total. The summed E-state index contributed by atoms with van der Waals surface area (Å²) in [7, 11) is 0. The van der Waals surface area contributed by atoms with Gasteiger partial charge in [-0.05, 0) is 34.1 Å². The third-order valence-electron chi connectivity index (χ3n) is 1.62. The van der Waals surface area contributed by atoms with E-state index in [9.17, 15) is 0 Å². The van der Waals surface area contributed by atoms with Gasteiger partial charge in [-0.25, -0.2) is 4.98 Å². The summed E-state index contributed by atoms with van der Waals surface area (Å²) in [6.45, 7) is 0. The second-order valence-electron chi connectivity index (χ2n) is 2.73. The lowest BCUT2D eigenvalue weighted by Crippen LogP contribution is -1.89. The van der Waals surface area contributed by atoms with Gasteiger partial charge in [0, 0.05) is 16.9 Å². The molecule has 0 bridgehead atoms. The van der Waals surface area contributed by atoms with Crippen LogP contribution in [0.1, 0.15) is 0 Å². The molecule has 0 unspecified atom stereocenters. The molecule has 2 heterocycles. The minimum Gasteiger partial charge on any atom is -0.436 e. The molecule has 0 amide bonds. The van der Waals surface area contributed by atoms with Crippen LogP contribution in [0.5, 0.6) is 11.6 Å². The molecule has 0 saturated heterocycles. The zero-order valence-corrected chi connectivity index (χ0v) is 9.86. The molecule has 0 aliphatic rings. The summed E-state index contributed by atoms with van der Waals surface area (Å²) in [5, 5.41) is 0.452. The zero-order chi connectivity index (χ0) is 10.7. The molecule has 0 fully saturated rings.